The van der Waals surface area contributed by atoms with E-state index in [0.29, 0.717) is 6.42 Å². The van der Waals surface area contributed by atoms with Gasteiger partial charge < -0.3 is 14.6 Å². The molecule has 0 saturated carbocycles. The molecule has 1 amide bonds. The van der Waals surface area contributed by atoms with Crippen LogP contribution in [0.3, 0.4) is 0 Å². The number of carbonyl (C=O) groups excluding carboxylic acids is 1. The van der Waals surface area contributed by atoms with Gasteiger partial charge in [-0.05, 0) is 35.9 Å². The Bertz CT molecular complexity index is 529. The molecule has 0 fully saturated rings. The number of carbonyl (C=O) groups is 1. The summed E-state index contributed by atoms with van der Waals surface area (Å²) >= 11 is 0. The number of nitrogens with one attached hydrogen (secondary N) is 1. The Morgan fingerprint density at radius 3 is 2.56 bits per heavy atom. The lowest BCUT2D eigenvalue weighted by molar-refractivity contribution is -0.115. The normalized spacial score (nSPS) is 10.1. The van der Waals surface area contributed by atoms with Crippen LogP contribution in [0, 0.1) is 0 Å². The molecule has 94 valence electrons. The minimum absolute atomic E-state index is 0.0219. The van der Waals surface area contributed by atoms with Crippen LogP contribution in [0.1, 0.15) is 5.56 Å². The summed E-state index contributed by atoms with van der Waals surface area (Å²) in [5.41, 5.74) is 1.78. The summed E-state index contributed by atoms with van der Waals surface area (Å²) in [6, 6.07) is 9.22. The summed E-state index contributed by atoms with van der Waals surface area (Å²) < 4.78 is 6.98. The topological polar surface area (TPSA) is 43.3 Å². The van der Waals surface area contributed by atoms with E-state index in [9.17, 15) is 4.79 Å². The number of hydrogen-bond acceptors (Lipinski definition) is 2. The zero-order valence-electron chi connectivity index (χ0n) is 10.5. The van der Waals surface area contributed by atoms with Crippen molar-refractivity contribution in [2.24, 2.45) is 7.05 Å². The smallest absolute Gasteiger partial charge is 0.228 e. The molecule has 0 atom stereocenters. The van der Waals surface area contributed by atoms with Gasteiger partial charge in [-0.1, -0.05) is 0 Å². The van der Waals surface area contributed by atoms with Gasteiger partial charge in [0.1, 0.15) is 5.75 Å². The highest BCUT2D eigenvalue weighted by molar-refractivity contribution is 5.92. The van der Waals surface area contributed by atoms with Gasteiger partial charge in [0.15, 0.2) is 0 Å². The average Bonchev–Trinajstić information content (AvgIpc) is 2.75. The minimum atomic E-state index is -0.0219. The van der Waals surface area contributed by atoms with E-state index in [-0.39, 0.29) is 5.91 Å². The van der Waals surface area contributed by atoms with Gasteiger partial charge in [0.05, 0.1) is 13.5 Å². The van der Waals surface area contributed by atoms with Gasteiger partial charge in [-0.3, -0.25) is 4.79 Å². The fourth-order valence-corrected chi connectivity index (χ4v) is 1.73. The molecule has 4 nitrogen and oxygen atoms in total. The number of benzene rings is 1. The highest BCUT2D eigenvalue weighted by Gasteiger charge is 2.05. The van der Waals surface area contributed by atoms with E-state index in [1.807, 2.05) is 54.3 Å². The quantitative estimate of drug-likeness (QED) is 0.896. The van der Waals surface area contributed by atoms with Crippen molar-refractivity contribution in [3.05, 3.63) is 48.3 Å². The molecule has 0 aliphatic carbocycles. The van der Waals surface area contributed by atoms with Crippen LogP contribution in [0.25, 0.3) is 0 Å². The Kier molecular flexibility index (Phi) is 3.67. The van der Waals surface area contributed by atoms with Gasteiger partial charge in [0.2, 0.25) is 5.91 Å². The van der Waals surface area contributed by atoms with Crippen LogP contribution >= 0.6 is 0 Å². The van der Waals surface area contributed by atoms with Crippen molar-refractivity contribution in [2.45, 2.75) is 6.42 Å². The predicted octanol–water partition coefficient (Wildman–Crippen LogP) is 2.21. The third-order valence-electron chi connectivity index (χ3n) is 2.63. The zero-order valence-corrected chi connectivity index (χ0v) is 10.5. The molecule has 1 aromatic heterocycles. The predicted molar refractivity (Wildman–Crippen MR) is 70.7 cm³/mol. The molecule has 0 saturated heterocycles. The number of ether oxygens (including phenoxy) is 1. The van der Waals surface area contributed by atoms with Crippen molar-refractivity contribution in [1.29, 1.82) is 0 Å². The lowest BCUT2D eigenvalue weighted by Gasteiger charge is -2.05. The molecular formula is C14H16N2O2. The van der Waals surface area contributed by atoms with Crippen LogP contribution in [0.2, 0.25) is 0 Å². The molecule has 1 N–H and O–H groups in total. The summed E-state index contributed by atoms with van der Waals surface area (Å²) in [4.78, 5) is 11.8. The highest BCUT2D eigenvalue weighted by Crippen LogP contribution is 2.15. The largest absolute Gasteiger partial charge is 0.497 e. The Hall–Kier alpha value is -2.23. The molecule has 0 bridgehead atoms. The van der Waals surface area contributed by atoms with Gasteiger partial charge in [-0.15, -0.1) is 0 Å². The van der Waals surface area contributed by atoms with Crippen LogP contribution in [0.4, 0.5) is 5.69 Å². The standard InChI is InChI=1S/C14H16N2O2/c1-16-8-7-11(10-16)9-14(17)15-12-3-5-13(18-2)6-4-12/h3-8,10H,9H2,1-2H3,(H,15,17). The first-order valence-electron chi connectivity index (χ1n) is 5.72. The molecule has 1 aromatic carbocycles. The minimum Gasteiger partial charge on any atom is -0.497 e. The second-order valence-electron chi connectivity index (χ2n) is 4.14. The number of aryl methyl sites for hydroxylation is 1. The van der Waals surface area contributed by atoms with Crippen molar-refractivity contribution < 1.29 is 9.53 Å². The maximum Gasteiger partial charge on any atom is 0.228 e. The summed E-state index contributed by atoms with van der Waals surface area (Å²) in [6.07, 6.45) is 4.25. The summed E-state index contributed by atoms with van der Waals surface area (Å²) in [5, 5.41) is 2.85. The SMILES string of the molecule is COc1ccc(NC(=O)Cc2ccn(C)c2)cc1. The lowest BCUT2D eigenvalue weighted by Crippen LogP contribution is -2.13. The molecule has 0 aliphatic rings. The Balaban J connectivity index is 1.94. The summed E-state index contributed by atoms with van der Waals surface area (Å²) in [7, 11) is 3.55. The number of aromatic nitrogens is 1. The summed E-state index contributed by atoms with van der Waals surface area (Å²) in [6.45, 7) is 0. The lowest BCUT2D eigenvalue weighted by atomic mass is 10.2. The average molecular weight is 244 g/mol. The first-order chi connectivity index (χ1) is 8.67. The number of amides is 1. The monoisotopic (exact) mass is 244 g/mol. The van der Waals surface area contributed by atoms with Crippen molar-refractivity contribution >= 4 is 11.6 Å². The Morgan fingerprint density at radius 1 is 1.28 bits per heavy atom. The van der Waals surface area contributed by atoms with Crippen LogP contribution in [-0.2, 0) is 18.3 Å². The van der Waals surface area contributed by atoms with Crippen LogP contribution in [-0.4, -0.2) is 17.6 Å². The first kappa shape index (κ1) is 12.2. The van der Waals surface area contributed by atoms with Crippen molar-refractivity contribution in [3.8, 4) is 5.75 Å². The third kappa shape index (κ3) is 3.13. The van der Waals surface area contributed by atoms with Crippen LogP contribution in [0.15, 0.2) is 42.7 Å². The van der Waals surface area contributed by atoms with Gasteiger partial charge in [0, 0.05) is 25.1 Å². The highest BCUT2D eigenvalue weighted by atomic mass is 16.5. The maximum atomic E-state index is 11.8. The fraction of sp³-hybridized carbons (Fsp3) is 0.214. The van der Waals surface area contributed by atoms with Gasteiger partial charge in [0.25, 0.3) is 0 Å². The number of hydrogen-bond donors (Lipinski definition) is 1. The van der Waals surface area contributed by atoms with E-state index >= 15 is 0 Å². The number of rotatable bonds is 4. The maximum absolute atomic E-state index is 11.8. The Labute approximate surface area is 106 Å². The van der Waals surface area contributed by atoms with Crippen molar-refractivity contribution in [3.63, 3.8) is 0 Å². The van der Waals surface area contributed by atoms with E-state index in [4.69, 9.17) is 4.74 Å². The molecule has 1 heterocycles. The third-order valence-corrected chi connectivity index (χ3v) is 2.63. The number of methoxy groups -OCH3 is 1. The molecule has 2 rings (SSSR count). The summed E-state index contributed by atoms with van der Waals surface area (Å²) in [5.74, 6) is 0.752. The molecule has 0 aliphatic heterocycles. The van der Waals surface area contributed by atoms with E-state index in [1.165, 1.54) is 0 Å². The molecular weight excluding hydrogens is 228 g/mol. The zero-order chi connectivity index (χ0) is 13.0. The first-order valence-corrected chi connectivity index (χ1v) is 5.72. The number of nitrogens with zero attached hydrogens (tertiary/aromatic N) is 1. The molecule has 0 spiro atoms. The van der Waals surface area contributed by atoms with E-state index in [0.717, 1.165) is 17.0 Å². The molecule has 0 radical (unpaired) electrons. The van der Waals surface area contributed by atoms with Crippen molar-refractivity contribution in [1.82, 2.24) is 4.57 Å². The second-order valence-corrected chi connectivity index (χ2v) is 4.14. The van der Waals surface area contributed by atoms with Crippen molar-refractivity contribution in [2.75, 3.05) is 12.4 Å². The van der Waals surface area contributed by atoms with Gasteiger partial charge in [-0.2, -0.15) is 0 Å². The molecule has 4 heteroatoms. The molecule has 2 aromatic rings. The molecule has 0 unspecified atom stereocenters. The van der Waals surface area contributed by atoms with Crippen LogP contribution < -0.4 is 10.1 Å². The molecule has 18 heavy (non-hydrogen) atoms. The van der Waals surface area contributed by atoms with E-state index < -0.39 is 0 Å². The Morgan fingerprint density at radius 2 is 2.00 bits per heavy atom. The van der Waals surface area contributed by atoms with Crippen LogP contribution in [0.5, 0.6) is 5.75 Å². The van der Waals surface area contributed by atoms with Gasteiger partial charge in [-0.25, -0.2) is 0 Å². The second kappa shape index (κ2) is 5.40. The van der Waals surface area contributed by atoms with E-state index in [2.05, 4.69) is 5.32 Å². The van der Waals surface area contributed by atoms with Gasteiger partial charge >= 0.3 is 0 Å². The number of anilines is 1. The van der Waals surface area contributed by atoms with E-state index in [1.54, 1.807) is 7.11 Å². The fourth-order valence-electron chi connectivity index (χ4n) is 1.73.